The summed E-state index contributed by atoms with van der Waals surface area (Å²) < 4.78 is 13.1. The van der Waals surface area contributed by atoms with Gasteiger partial charge in [0.25, 0.3) is 5.91 Å². The highest BCUT2D eigenvalue weighted by Gasteiger charge is 2.35. The maximum Gasteiger partial charge on any atom is 0.270 e. The summed E-state index contributed by atoms with van der Waals surface area (Å²) in [7, 11) is 0. The van der Waals surface area contributed by atoms with E-state index in [2.05, 4.69) is 34.7 Å². The number of hydrogen-bond donors (Lipinski definition) is 0. The Morgan fingerprint density at radius 1 is 1.22 bits per heavy atom. The number of likely N-dealkylation sites (tertiary alicyclic amines) is 1. The minimum absolute atomic E-state index is 0.0820. The van der Waals surface area contributed by atoms with E-state index in [0.717, 1.165) is 49.5 Å². The van der Waals surface area contributed by atoms with Crippen LogP contribution in [0.5, 0.6) is 11.5 Å². The number of rotatable bonds is 4. The third-order valence-corrected chi connectivity index (χ3v) is 6.07. The summed E-state index contributed by atoms with van der Waals surface area (Å²) in [4.78, 5) is 15.2. The van der Waals surface area contributed by atoms with Gasteiger partial charge >= 0.3 is 0 Å². The number of carbonyl (C=O) groups excluding carboxylic acids is 1. The average molecular weight is 366 g/mol. The van der Waals surface area contributed by atoms with Crippen LogP contribution in [-0.4, -0.2) is 35.3 Å². The standard InChI is InChI=1S/C22H26N2O3/c1-22(13-16-5-8-19-20(12-16)27-15-26-19)9-3-10-23(14-22)21(25)18-4-2-11-24(18)17-6-7-17/h2,4-5,8,11-12,17H,3,6-7,9-10,13-15H2,1H3. The van der Waals surface area contributed by atoms with Gasteiger partial charge in [-0.3, -0.25) is 4.79 Å². The molecule has 2 aromatic rings. The summed E-state index contributed by atoms with van der Waals surface area (Å²) in [6.07, 6.45) is 7.57. The predicted molar refractivity (Wildman–Crippen MR) is 102 cm³/mol. The normalized spacial score (nSPS) is 24.3. The Morgan fingerprint density at radius 2 is 2.07 bits per heavy atom. The monoisotopic (exact) mass is 366 g/mol. The van der Waals surface area contributed by atoms with Crippen LogP contribution in [0.2, 0.25) is 0 Å². The first kappa shape index (κ1) is 16.7. The number of hydrogen-bond acceptors (Lipinski definition) is 3. The number of fused-ring (bicyclic) bond motifs is 1. The van der Waals surface area contributed by atoms with Gasteiger partial charge in [0.2, 0.25) is 6.79 Å². The van der Waals surface area contributed by atoms with Crippen molar-refractivity contribution < 1.29 is 14.3 Å². The van der Waals surface area contributed by atoms with E-state index in [9.17, 15) is 4.79 Å². The predicted octanol–water partition coefficient (Wildman–Crippen LogP) is 4.04. The molecule has 2 aliphatic heterocycles. The van der Waals surface area contributed by atoms with Crippen LogP contribution in [0.1, 0.15) is 54.7 Å². The highest BCUT2D eigenvalue weighted by atomic mass is 16.7. The van der Waals surface area contributed by atoms with Gasteiger partial charge in [0, 0.05) is 25.3 Å². The fourth-order valence-electron chi connectivity index (χ4n) is 4.59. The van der Waals surface area contributed by atoms with Gasteiger partial charge in [0.1, 0.15) is 5.69 Å². The molecule has 1 aromatic heterocycles. The van der Waals surface area contributed by atoms with Gasteiger partial charge in [-0.25, -0.2) is 0 Å². The molecule has 3 heterocycles. The molecule has 1 saturated carbocycles. The summed E-state index contributed by atoms with van der Waals surface area (Å²) in [5.41, 5.74) is 2.18. The number of benzene rings is 1. The second kappa shape index (κ2) is 6.32. The minimum atomic E-state index is 0.0820. The summed E-state index contributed by atoms with van der Waals surface area (Å²) in [5.74, 6) is 1.84. The smallest absolute Gasteiger partial charge is 0.270 e. The molecule has 1 amide bonds. The van der Waals surface area contributed by atoms with Crippen LogP contribution in [0.4, 0.5) is 0 Å². The van der Waals surface area contributed by atoms with Crippen molar-refractivity contribution >= 4 is 5.91 Å². The van der Waals surface area contributed by atoms with Crippen molar-refractivity contribution in [1.29, 1.82) is 0 Å². The molecule has 0 spiro atoms. The van der Waals surface area contributed by atoms with E-state index in [1.54, 1.807) is 0 Å². The first-order valence-electron chi connectivity index (χ1n) is 9.96. The van der Waals surface area contributed by atoms with E-state index in [-0.39, 0.29) is 11.3 Å². The number of nitrogens with zero attached hydrogens (tertiary/aromatic N) is 2. The second-order valence-electron chi connectivity index (χ2n) is 8.54. The van der Waals surface area contributed by atoms with Crippen LogP contribution >= 0.6 is 0 Å². The SMILES string of the molecule is CC1(Cc2ccc3c(c2)OCO3)CCCN(C(=O)c2cccn2C2CC2)C1. The quantitative estimate of drug-likeness (QED) is 0.820. The van der Waals surface area contributed by atoms with E-state index in [1.165, 1.54) is 18.4 Å². The first-order valence-corrected chi connectivity index (χ1v) is 9.96. The Kier molecular flexibility index (Phi) is 3.92. The Bertz CT molecular complexity index is 870. The molecule has 1 aromatic carbocycles. The lowest BCUT2D eigenvalue weighted by Gasteiger charge is -2.41. The van der Waals surface area contributed by atoms with Crippen molar-refractivity contribution in [2.45, 2.75) is 45.1 Å². The Balaban J connectivity index is 1.32. The van der Waals surface area contributed by atoms with E-state index in [4.69, 9.17) is 9.47 Å². The van der Waals surface area contributed by atoms with E-state index in [1.807, 2.05) is 18.2 Å². The molecule has 1 unspecified atom stereocenters. The van der Waals surface area contributed by atoms with Crippen molar-refractivity contribution in [2.24, 2.45) is 5.41 Å². The number of piperidine rings is 1. The number of ether oxygens (including phenoxy) is 2. The maximum absolute atomic E-state index is 13.2. The largest absolute Gasteiger partial charge is 0.454 e. The third-order valence-electron chi connectivity index (χ3n) is 6.07. The molecule has 0 bridgehead atoms. The van der Waals surface area contributed by atoms with E-state index in [0.29, 0.717) is 12.8 Å². The zero-order valence-electron chi connectivity index (χ0n) is 15.8. The number of amides is 1. The van der Waals surface area contributed by atoms with Crippen LogP contribution in [0.3, 0.4) is 0 Å². The van der Waals surface area contributed by atoms with Gasteiger partial charge in [0.05, 0.1) is 0 Å². The molecule has 1 atom stereocenters. The van der Waals surface area contributed by atoms with E-state index >= 15 is 0 Å². The van der Waals surface area contributed by atoms with Crippen molar-refractivity contribution in [2.75, 3.05) is 19.9 Å². The zero-order valence-corrected chi connectivity index (χ0v) is 15.8. The first-order chi connectivity index (χ1) is 13.1. The summed E-state index contributed by atoms with van der Waals surface area (Å²) in [6, 6.07) is 10.7. The lowest BCUT2D eigenvalue weighted by molar-refractivity contribution is 0.0540. The zero-order chi connectivity index (χ0) is 18.4. The van der Waals surface area contributed by atoms with Crippen LogP contribution in [0.25, 0.3) is 0 Å². The van der Waals surface area contributed by atoms with Gasteiger partial charge in [-0.1, -0.05) is 13.0 Å². The summed E-state index contributed by atoms with van der Waals surface area (Å²) in [6.45, 7) is 4.26. The topological polar surface area (TPSA) is 43.7 Å². The van der Waals surface area contributed by atoms with Crippen LogP contribution in [0, 0.1) is 5.41 Å². The molecule has 5 rings (SSSR count). The van der Waals surface area contributed by atoms with Crippen LogP contribution in [-0.2, 0) is 6.42 Å². The van der Waals surface area contributed by atoms with Gasteiger partial charge in [-0.2, -0.15) is 0 Å². The highest BCUT2D eigenvalue weighted by Crippen LogP contribution is 2.39. The molecule has 1 aliphatic carbocycles. The van der Waals surface area contributed by atoms with Crippen molar-refractivity contribution in [3.63, 3.8) is 0 Å². The van der Waals surface area contributed by atoms with Crippen LogP contribution < -0.4 is 9.47 Å². The van der Waals surface area contributed by atoms with Gasteiger partial charge < -0.3 is 18.9 Å². The molecule has 2 fully saturated rings. The lowest BCUT2D eigenvalue weighted by atomic mass is 9.77. The molecule has 0 radical (unpaired) electrons. The molecule has 3 aliphatic rings. The van der Waals surface area contributed by atoms with Crippen molar-refractivity contribution in [1.82, 2.24) is 9.47 Å². The lowest BCUT2D eigenvalue weighted by Crippen LogP contribution is -2.46. The third kappa shape index (κ3) is 3.20. The van der Waals surface area contributed by atoms with Crippen LogP contribution in [0.15, 0.2) is 36.5 Å². The molecule has 0 N–H and O–H groups in total. The van der Waals surface area contributed by atoms with Crippen molar-refractivity contribution in [3.8, 4) is 11.5 Å². The van der Waals surface area contributed by atoms with Gasteiger partial charge in [-0.05, 0) is 67.3 Å². The van der Waals surface area contributed by atoms with E-state index < -0.39 is 0 Å². The molecule has 142 valence electrons. The maximum atomic E-state index is 13.2. The Labute approximate surface area is 159 Å². The molecular formula is C22H26N2O3. The molecule has 1 saturated heterocycles. The van der Waals surface area contributed by atoms with Gasteiger partial charge in [0.15, 0.2) is 11.5 Å². The fraction of sp³-hybridized carbons (Fsp3) is 0.500. The minimum Gasteiger partial charge on any atom is -0.454 e. The Hall–Kier alpha value is -2.43. The van der Waals surface area contributed by atoms with Gasteiger partial charge in [-0.15, -0.1) is 0 Å². The van der Waals surface area contributed by atoms with Crippen molar-refractivity contribution in [3.05, 3.63) is 47.8 Å². The summed E-state index contributed by atoms with van der Waals surface area (Å²) >= 11 is 0. The summed E-state index contributed by atoms with van der Waals surface area (Å²) in [5, 5.41) is 0. The fourth-order valence-corrected chi connectivity index (χ4v) is 4.59. The Morgan fingerprint density at radius 3 is 2.93 bits per heavy atom. The average Bonchev–Trinajstić information content (AvgIpc) is 3.20. The number of carbonyl (C=O) groups is 1. The highest BCUT2D eigenvalue weighted by molar-refractivity contribution is 5.93. The molecule has 5 heteroatoms. The molecule has 5 nitrogen and oxygen atoms in total. The second-order valence-corrected chi connectivity index (χ2v) is 8.54. The molecule has 27 heavy (non-hydrogen) atoms. The number of aromatic nitrogens is 1. The molecular weight excluding hydrogens is 340 g/mol.